The Labute approximate surface area is 301 Å². The summed E-state index contributed by atoms with van der Waals surface area (Å²) in [5, 5.41) is 26.4. The van der Waals surface area contributed by atoms with Gasteiger partial charge in [-0.2, -0.15) is 0 Å². The third-order valence-electron chi connectivity index (χ3n) is 10.3. The van der Waals surface area contributed by atoms with Crippen LogP contribution >= 0.6 is 24.4 Å². The van der Waals surface area contributed by atoms with E-state index in [1.165, 1.54) is 25.2 Å². The number of morpholine rings is 1. The summed E-state index contributed by atoms with van der Waals surface area (Å²) in [4.78, 5) is 34.6. The fourth-order valence-electron chi connectivity index (χ4n) is 7.54. The van der Waals surface area contributed by atoms with E-state index in [0.29, 0.717) is 50.5 Å². The Bertz CT molecular complexity index is 1900. The Morgan fingerprint density at radius 3 is 2.12 bits per heavy atom. The number of hydrogen-bond acceptors (Lipinski definition) is 8. The Morgan fingerprint density at radius 1 is 0.920 bits per heavy atom. The molecule has 3 aliphatic rings. The van der Waals surface area contributed by atoms with E-state index >= 15 is 0 Å². The Hall–Kier alpha value is -3.78. The second-order valence-corrected chi connectivity index (χ2v) is 14.3. The molecule has 268 valence electrons. The number of benzene rings is 1. The van der Waals surface area contributed by atoms with Gasteiger partial charge in [-0.1, -0.05) is 29.4 Å². The maximum Gasteiger partial charge on any atom is 0.259 e. The Kier molecular flexibility index (Phi) is 11.9. The van der Waals surface area contributed by atoms with E-state index in [9.17, 15) is 19.8 Å². The molecule has 1 fully saturated rings. The molecule has 1 aromatic carbocycles. The molecule has 3 aromatic rings. The number of methoxy groups -OCH3 is 1. The molecule has 1 atom stereocenters. The number of ether oxygens (including phenoxy) is 2. The van der Waals surface area contributed by atoms with E-state index in [1.54, 1.807) is 19.2 Å². The summed E-state index contributed by atoms with van der Waals surface area (Å²) in [6, 6.07) is 5.41. The van der Waals surface area contributed by atoms with Crippen molar-refractivity contribution in [1.82, 2.24) is 19.1 Å². The highest BCUT2D eigenvalue weighted by molar-refractivity contribution is 7.71. The van der Waals surface area contributed by atoms with Crippen LogP contribution in [0.25, 0.3) is 0 Å². The number of nitrogens with zero attached hydrogens (tertiary/aromatic N) is 2. The summed E-state index contributed by atoms with van der Waals surface area (Å²) in [5.74, 6) is -1.53. The molecule has 2 aliphatic carbocycles. The molecule has 1 unspecified atom stereocenters. The number of aromatic nitrogens is 4. The van der Waals surface area contributed by atoms with Crippen LogP contribution in [0.2, 0.25) is 0 Å². The summed E-state index contributed by atoms with van der Waals surface area (Å²) in [6.07, 6.45) is 14.2. The number of quaternary nitrogens is 1. The molecule has 1 saturated heterocycles. The number of aromatic hydroxyl groups is 1. The highest BCUT2D eigenvalue weighted by atomic mass is 32.1. The van der Waals surface area contributed by atoms with Crippen LogP contribution in [0.4, 0.5) is 0 Å². The molecular weight excluding hydrogens is 675 g/mol. The molecule has 11 nitrogen and oxygen atoms in total. The largest absolute Gasteiger partial charge is 0.860 e. The Morgan fingerprint density at radius 2 is 1.52 bits per heavy atom. The minimum absolute atomic E-state index is 0.0279. The zero-order valence-electron chi connectivity index (χ0n) is 28.7. The quantitative estimate of drug-likeness (QED) is 0.161. The van der Waals surface area contributed by atoms with Gasteiger partial charge in [0.15, 0.2) is 9.54 Å². The molecule has 0 spiro atoms. The summed E-state index contributed by atoms with van der Waals surface area (Å²) >= 11 is 11.1. The van der Waals surface area contributed by atoms with Gasteiger partial charge in [0.2, 0.25) is 5.88 Å². The molecule has 0 saturated carbocycles. The molecule has 6 rings (SSSR count). The summed E-state index contributed by atoms with van der Waals surface area (Å²) < 4.78 is 14.3. The first kappa shape index (κ1) is 36.0. The molecule has 0 radical (unpaired) electrons. The third-order valence-corrected chi connectivity index (χ3v) is 11.0. The maximum absolute atomic E-state index is 14.5. The van der Waals surface area contributed by atoms with Crippen molar-refractivity contribution >= 4 is 24.4 Å². The molecule has 3 heterocycles. The van der Waals surface area contributed by atoms with Gasteiger partial charge in [0.1, 0.15) is 25.4 Å². The van der Waals surface area contributed by atoms with Gasteiger partial charge in [-0.05, 0) is 112 Å². The fraction of sp³-hybridized carbons (Fsp3) is 0.514. The first-order valence-electron chi connectivity index (χ1n) is 17.8. The van der Waals surface area contributed by atoms with Gasteiger partial charge in [-0.25, -0.2) is 0 Å². The molecule has 0 bridgehead atoms. The van der Waals surface area contributed by atoms with E-state index in [1.807, 2.05) is 6.07 Å². The van der Waals surface area contributed by atoms with E-state index in [2.05, 4.69) is 22.1 Å². The fourth-order valence-corrected chi connectivity index (χ4v) is 8.08. The molecule has 0 amide bonds. The lowest BCUT2D eigenvalue weighted by Crippen LogP contribution is -3.12. The lowest BCUT2D eigenvalue weighted by Gasteiger charge is -2.28. The number of rotatable bonds is 12. The molecule has 4 N–H and O–H groups in total. The van der Waals surface area contributed by atoms with Crippen molar-refractivity contribution in [3.05, 3.63) is 94.0 Å². The maximum atomic E-state index is 14.5. The van der Waals surface area contributed by atoms with Gasteiger partial charge in [0.05, 0.1) is 31.8 Å². The number of hydrogen-bond donors (Lipinski definition) is 4. The van der Waals surface area contributed by atoms with E-state index in [0.717, 1.165) is 70.0 Å². The van der Waals surface area contributed by atoms with Gasteiger partial charge in [-0.3, -0.25) is 24.1 Å². The van der Waals surface area contributed by atoms with Crippen molar-refractivity contribution in [3.63, 3.8) is 0 Å². The van der Waals surface area contributed by atoms with Crippen LogP contribution in [-0.2, 0) is 24.4 Å². The molecule has 13 heteroatoms. The molecule has 2 aromatic heterocycles. The predicted molar refractivity (Wildman–Crippen MR) is 194 cm³/mol. The van der Waals surface area contributed by atoms with E-state index in [4.69, 9.17) is 33.9 Å². The van der Waals surface area contributed by atoms with Gasteiger partial charge in [-0.15, -0.1) is 0 Å². The highest BCUT2D eigenvalue weighted by Gasteiger charge is 2.31. The summed E-state index contributed by atoms with van der Waals surface area (Å²) in [5.41, 5.74) is 2.21. The van der Waals surface area contributed by atoms with Crippen molar-refractivity contribution in [3.8, 4) is 17.5 Å². The summed E-state index contributed by atoms with van der Waals surface area (Å²) in [6.45, 7) is 4.15. The second kappa shape index (κ2) is 16.5. The lowest BCUT2D eigenvalue weighted by molar-refractivity contribution is -0.921. The highest BCUT2D eigenvalue weighted by Crippen LogP contribution is 2.38. The zero-order chi connectivity index (χ0) is 35.2. The second-order valence-electron chi connectivity index (χ2n) is 13.5. The van der Waals surface area contributed by atoms with Gasteiger partial charge >= 0.3 is 0 Å². The minimum Gasteiger partial charge on any atom is -0.860 e. The lowest BCUT2D eigenvalue weighted by atomic mass is 9.85. The normalized spacial score (nSPS) is 17.6. The third kappa shape index (κ3) is 8.06. The number of H-pyrrole nitrogens is 2. The van der Waals surface area contributed by atoms with Crippen LogP contribution in [0.15, 0.2) is 51.1 Å². The van der Waals surface area contributed by atoms with Crippen molar-refractivity contribution in [2.75, 3.05) is 33.4 Å². The van der Waals surface area contributed by atoms with Crippen molar-refractivity contribution in [2.45, 2.75) is 89.8 Å². The van der Waals surface area contributed by atoms with Gasteiger partial charge in [0, 0.05) is 24.2 Å². The van der Waals surface area contributed by atoms with Crippen LogP contribution in [0.1, 0.15) is 92.4 Å². The number of nitrogens with one attached hydrogen (secondary N) is 3. The number of allylic oxidation sites excluding steroid dienone is 4. The van der Waals surface area contributed by atoms with Crippen molar-refractivity contribution in [1.29, 1.82) is 0 Å². The van der Waals surface area contributed by atoms with Crippen molar-refractivity contribution in [2.24, 2.45) is 0 Å². The van der Waals surface area contributed by atoms with Crippen molar-refractivity contribution < 1.29 is 24.6 Å². The summed E-state index contributed by atoms with van der Waals surface area (Å²) in [7, 11) is 1.60. The van der Waals surface area contributed by atoms with Crippen LogP contribution in [0.5, 0.6) is 17.5 Å². The smallest absolute Gasteiger partial charge is 0.259 e. The minimum atomic E-state index is -1.23. The van der Waals surface area contributed by atoms with Crippen LogP contribution in [-0.4, -0.2) is 57.6 Å². The molecule has 50 heavy (non-hydrogen) atoms. The monoisotopic (exact) mass is 721 g/mol. The predicted octanol–water partition coefficient (Wildman–Crippen LogP) is 4.29. The molecule has 1 aliphatic heterocycles. The van der Waals surface area contributed by atoms with Crippen LogP contribution < -0.4 is 25.9 Å². The SMILES string of the molecule is COc1ccc(C(c2c([O-])n(CCC3=CCCCC3)c(=S)[nH]c2=O)c2c(O)n(CCC3=CCCCC3)c(=S)[nH]c2=O)cc1C[NH+]1CCOCC1. The van der Waals surface area contributed by atoms with Crippen LogP contribution in [0.3, 0.4) is 0 Å². The molecular formula is C37H47N5O6S2. The van der Waals surface area contributed by atoms with E-state index < -0.39 is 22.9 Å². The number of aromatic amines is 2. The first-order chi connectivity index (χ1) is 24.2. The van der Waals surface area contributed by atoms with Crippen LogP contribution in [0, 0.1) is 9.54 Å². The average molecular weight is 722 g/mol. The standard InChI is InChI=1S/C37H47N5O6S2/c1-47-28-13-12-26(22-27(28)23-40-18-20-48-21-19-40)29(30-32(43)38-36(49)41(34(30)45)16-14-24-8-4-2-5-9-24)31-33(44)39-37(50)42(35(31)46)17-15-25-10-6-3-7-11-25/h8,10,12-13,22,29,45-46H,2-7,9,11,14-21,23H2,1H3,(H,38,43,49)(H,39,44,50). The van der Waals surface area contributed by atoms with Gasteiger partial charge in [0.25, 0.3) is 11.1 Å². The average Bonchev–Trinajstić information content (AvgIpc) is 3.12. The van der Waals surface area contributed by atoms with Gasteiger partial charge < -0.3 is 29.2 Å². The first-order valence-corrected chi connectivity index (χ1v) is 18.6. The van der Waals surface area contributed by atoms with E-state index in [-0.39, 0.29) is 33.1 Å². The topological polar surface area (TPSA) is 142 Å². The zero-order valence-corrected chi connectivity index (χ0v) is 30.3. The Balaban J connectivity index is 1.51.